The molecule has 0 saturated heterocycles. The molecule has 0 saturated carbocycles. The third kappa shape index (κ3) is 3.47. The summed E-state index contributed by atoms with van der Waals surface area (Å²) in [6.07, 6.45) is 2.72. The van der Waals surface area contributed by atoms with Gasteiger partial charge in [0, 0.05) is 0 Å². The summed E-state index contributed by atoms with van der Waals surface area (Å²) in [6, 6.07) is 0. The molecule has 0 aliphatic carbocycles. The van der Waals surface area contributed by atoms with Gasteiger partial charge < -0.3 is 5.11 Å². The molecular weight excluding hydrogens is 100 g/mol. The molecule has 0 aromatic heterocycles. The third-order valence-electron chi connectivity index (χ3n) is 0.659. The van der Waals surface area contributed by atoms with Crippen molar-refractivity contribution in [1.29, 1.82) is 0 Å². The lowest BCUT2D eigenvalue weighted by atomic mass is 10.2. The standard InChI is InChI=1S/C7H10O/c1-6(2)4-7(3)5-8/h1,4-5,8H,2-3H3/b6-4-,7-5+. The maximum Gasteiger partial charge on any atom is 0.0820 e. The minimum atomic E-state index is 0.702. The molecule has 44 valence electrons. The van der Waals surface area contributed by atoms with Crippen molar-refractivity contribution in [3.05, 3.63) is 30.4 Å². The highest BCUT2D eigenvalue weighted by atomic mass is 16.2. The van der Waals surface area contributed by atoms with Gasteiger partial charge in [0.15, 0.2) is 0 Å². The van der Waals surface area contributed by atoms with Gasteiger partial charge in [-0.15, -0.1) is 0 Å². The van der Waals surface area contributed by atoms with Crippen molar-refractivity contribution in [3.8, 4) is 0 Å². The monoisotopic (exact) mass is 110 g/mol. The van der Waals surface area contributed by atoms with Crippen LogP contribution in [-0.2, 0) is 0 Å². The fourth-order valence-corrected chi connectivity index (χ4v) is 0.396. The SMILES string of the molecule is [CH]/C(C)=C/C(C)=C/O. The van der Waals surface area contributed by atoms with E-state index in [0.29, 0.717) is 5.57 Å². The molecule has 0 amide bonds. The summed E-state index contributed by atoms with van der Waals surface area (Å²) in [6.45, 7) is 8.82. The Morgan fingerprint density at radius 3 is 2.12 bits per heavy atom. The van der Waals surface area contributed by atoms with E-state index in [2.05, 4.69) is 0 Å². The van der Waals surface area contributed by atoms with Crippen LogP contribution in [-0.4, -0.2) is 5.11 Å². The Morgan fingerprint density at radius 2 is 2.00 bits per heavy atom. The normalized spacial score (nSPS) is 14.4. The van der Waals surface area contributed by atoms with E-state index in [9.17, 15) is 0 Å². The Kier molecular flexibility index (Phi) is 3.01. The van der Waals surface area contributed by atoms with Crippen LogP contribution in [0, 0.1) is 6.92 Å². The minimum Gasteiger partial charge on any atom is -0.515 e. The van der Waals surface area contributed by atoms with Gasteiger partial charge in [0.2, 0.25) is 0 Å². The number of aliphatic hydroxyl groups excluding tert-OH is 1. The quantitative estimate of drug-likeness (QED) is 0.405. The zero-order chi connectivity index (χ0) is 6.57. The van der Waals surface area contributed by atoms with Gasteiger partial charge in [-0.2, -0.15) is 0 Å². The molecular formula is C7H10O. The predicted octanol–water partition coefficient (Wildman–Crippen LogP) is 2.11. The molecule has 8 heavy (non-hydrogen) atoms. The van der Waals surface area contributed by atoms with E-state index >= 15 is 0 Å². The zero-order valence-electron chi connectivity index (χ0n) is 5.18. The van der Waals surface area contributed by atoms with Crippen LogP contribution < -0.4 is 0 Å². The molecule has 0 aliphatic heterocycles. The summed E-state index contributed by atoms with van der Waals surface area (Å²) in [7, 11) is 0. The van der Waals surface area contributed by atoms with Crippen molar-refractivity contribution < 1.29 is 5.11 Å². The third-order valence-corrected chi connectivity index (χ3v) is 0.659. The molecule has 0 atom stereocenters. The van der Waals surface area contributed by atoms with Crippen molar-refractivity contribution in [1.82, 2.24) is 0 Å². The number of hydrogen-bond donors (Lipinski definition) is 1. The fourth-order valence-electron chi connectivity index (χ4n) is 0.396. The molecule has 0 aliphatic rings. The number of aliphatic hydroxyl groups is 1. The number of rotatable bonds is 1. The lowest BCUT2D eigenvalue weighted by Gasteiger charge is -1.87. The van der Waals surface area contributed by atoms with Crippen molar-refractivity contribution in [2.45, 2.75) is 13.8 Å². The zero-order valence-corrected chi connectivity index (χ0v) is 5.18. The second-order valence-corrected chi connectivity index (χ2v) is 1.76. The Hall–Kier alpha value is -0.720. The summed E-state index contributed by atoms with van der Waals surface area (Å²) < 4.78 is 0. The molecule has 2 radical (unpaired) electrons. The summed E-state index contributed by atoms with van der Waals surface area (Å²) >= 11 is 0. The van der Waals surface area contributed by atoms with Crippen molar-refractivity contribution in [2.75, 3.05) is 0 Å². The minimum absolute atomic E-state index is 0.702. The van der Waals surface area contributed by atoms with E-state index < -0.39 is 0 Å². The van der Waals surface area contributed by atoms with E-state index in [1.807, 2.05) is 0 Å². The second kappa shape index (κ2) is 3.30. The Bertz CT molecular complexity index is 116. The van der Waals surface area contributed by atoms with Gasteiger partial charge in [-0.1, -0.05) is 11.6 Å². The molecule has 0 aromatic carbocycles. The van der Waals surface area contributed by atoms with Gasteiger partial charge in [-0.3, -0.25) is 0 Å². The van der Waals surface area contributed by atoms with Gasteiger partial charge in [-0.25, -0.2) is 0 Å². The molecule has 0 heterocycles. The maximum absolute atomic E-state index is 8.32. The average molecular weight is 110 g/mol. The molecule has 0 bridgehead atoms. The van der Waals surface area contributed by atoms with Crippen LogP contribution in [0.1, 0.15) is 13.8 Å². The van der Waals surface area contributed by atoms with Crippen LogP contribution in [0.5, 0.6) is 0 Å². The predicted molar refractivity (Wildman–Crippen MR) is 34.4 cm³/mol. The molecule has 0 fully saturated rings. The van der Waals surface area contributed by atoms with Crippen LogP contribution in [0.2, 0.25) is 0 Å². The van der Waals surface area contributed by atoms with Crippen molar-refractivity contribution >= 4 is 0 Å². The van der Waals surface area contributed by atoms with Gasteiger partial charge in [0.25, 0.3) is 0 Å². The molecule has 0 unspecified atom stereocenters. The lowest BCUT2D eigenvalue weighted by molar-refractivity contribution is 0.469. The fraction of sp³-hybridized carbons (Fsp3) is 0.286. The summed E-state index contributed by atoms with van der Waals surface area (Å²) in [5, 5.41) is 8.32. The Morgan fingerprint density at radius 1 is 1.50 bits per heavy atom. The van der Waals surface area contributed by atoms with Crippen molar-refractivity contribution in [3.63, 3.8) is 0 Å². The average Bonchev–Trinajstić information content (AvgIpc) is 1.65. The van der Waals surface area contributed by atoms with Crippen LogP contribution in [0.4, 0.5) is 0 Å². The van der Waals surface area contributed by atoms with E-state index in [1.54, 1.807) is 19.9 Å². The molecule has 0 spiro atoms. The number of allylic oxidation sites excluding steroid dienone is 3. The van der Waals surface area contributed by atoms with E-state index in [1.165, 1.54) is 0 Å². The molecule has 1 N–H and O–H groups in total. The maximum atomic E-state index is 8.32. The first kappa shape index (κ1) is 7.28. The summed E-state index contributed by atoms with van der Waals surface area (Å²) in [5.74, 6) is 0. The largest absolute Gasteiger partial charge is 0.515 e. The molecule has 0 rings (SSSR count). The molecule has 0 aromatic rings. The highest BCUT2D eigenvalue weighted by Crippen LogP contribution is 1.97. The van der Waals surface area contributed by atoms with Gasteiger partial charge in [0.05, 0.1) is 6.26 Å². The first-order valence-electron chi connectivity index (χ1n) is 2.41. The van der Waals surface area contributed by atoms with Crippen LogP contribution >= 0.6 is 0 Å². The number of hydrogen-bond acceptors (Lipinski definition) is 1. The van der Waals surface area contributed by atoms with Gasteiger partial charge in [0.1, 0.15) is 0 Å². The highest BCUT2D eigenvalue weighted by molar-refractivity contribution is 5.19. The first-order valence-corrected chi connectivity index (χ1v) is 2.41. The van der Waals surface area contributed by atoms with E-state index in [4.69, 9.17) is 12.0 Å². The molecule has 1 heteroatoms. The van der Waals surface area contributed by atoms with Gasteiger partial charge in [-0.05, 0) is 26.3 Å². The second-order valence-electron chi connectivity index (χ2n) is 1.76. The summed E-state index contributed by atoms with van der Waals surface area (Å²) in [4.78, 5) is 0. The van der Waals surface area contributed by atoms with Crippen molar-refractivity contribution in [2.24, 2.45) is 0 Å². The highest BCUT2D eigenvalue weighted by Gasteiger charge is 1.79. The first-order chi connectivity index (χ1) is 3.66. The summed E-state index contributed by atoms with van der Waals surface area (Å²) in [5.41, 5.74) is 1.47. The van der Waals surface area contributed by atoms with Crippen LogP contribution in [0.3, 0.4) is 0 Å². The van der Waals surface area contributed by atoms with Crippen LogP contribution in [0.15, 0.2) is 23.5 Å². The Balaban J connectivity index is 3.89. The topological polar surface area (TPSA) is 20.2 Å². The lowest BCUT2D eigenvalue weighted by Crippen LogP contribution is -1.69. The molecule has 1 nitrogen and oxygen atoms in total. The Labute approximate surface area is 50.3 Å². The van der Waals surface area contributed by atoms with Crippen LogP contribution in [0.25, 0.3) is 0 Å². The van der Waals surface area contributed by atoms with Gasteiger partial charge >= 0.3 is 0 Å². The van der Waals surface area contributed by atoms with E-state index in [-0.39, 0.29) is 0 Å². The van der Waals surface area contributed by atoms with E-state index in [0.717, 1.165) is 11.8 Å². The smallest absolute Gasteiger partial charge is 0.0820 e.